The van der Waals surface area contributed by atoms with Crippen molar-refractivity contribution in [1.29, 1.82) is 0 Å². The van der Waals surface area contributed by atoms with Crippen LogP contribution in [0.4, 0.5) is 5.82 Å². The van der Waals surface area contributed by atoms with Gasteiger partial charge >= 0.3 is 0 Å². The Bertz CT molecular complexity index is 1060. The van der Waals surface area contributed by atoms with Crippen LogP contribution in [-0.2, 0) is 11.3 Å². The Morgan fingerprint density at radius 1 is 1.22 bits per heavy atom. The molecule has 1 aromatic carbocycles. The van der Waals surface area contributed by atoms with Crippen molar-refractivity contribution in [2.24, 2.45) is 0 Å². The minimum Gasteiger partial charge on any atom is -0.309 e. The van der Waals surface area contributed by atoms with Crippen LogP contribution in [-0.4, -0.2) is 30.5 Å². The first kappa shape index (κ1) is 17.2. The van der Waals surface area contributed by atoms with Crippen LogP contribution in [0.1, 0.15) is 11.3 Å². The van der Waals surface area contributed by atoms with E-state index in [2.05, 4.69) is 20.5 Å². The summed E-state index contributed by atoms with van der Waals surface area (Å²) in [5.41, 5.74) is 3.80. The highest BCUT2D eigenvalue weighted by molar-refractivity contribution is 7.13. The van der Waals surface area contributed by atoms with Crippen LogP contribution >= 0.6 is 11.3 Å². The molecule has 1 amide bonds. The Morgan fingerprint density at radius 3 is 2.78 bits per heavy atom. The molecule has 3 aromatic heterocycles. The second-order valence-corrected chi connectivity index (χ2v) is 7.12. The number of aromatic nitrogens is 5. The highest BCUT2D eigenvalue weighted by Gasteiger charge is 2.12. The standard InChI is InChI=1S/C19H18N6OS/c1-13-3-5-16(6-4-13)25-17(9-14(2)23-25)22-18(26)12-24-11-15(10-21-24)19-20-7-8-27-19/h3-11H,12H2,1-2H3,(H,22,26). The lowest BCUT2D eigenvalue weighted by Gasteiger charge is -2.09. The molecule has 0 saturated heterocycles. The van der Waals surface area contributed by atoms with Crippen molar-refractivity contribution in [3.05, 3.63) is 65.6 Å². The number of thiazole rings is 1. The summed E-state index contributed by atoms with van der Waals surface area (Å²) >= 11 is 1.54. The number of rotatable bonds is 5. The van der Waals surface area contributed by atoms with Crippen LogP contribution in [0.5, 0.6) is 0 Å². The van der Waals surface area contributed by atoms with Gasteiger partial charge in [0.1, 0.15) is 17.4 Å². The van der Waals surface area contributed by atoms with Gasteiger partial charge in [0.15, 0.2) is 0 Å². The van der Waals surface area contributed by atoms with Crippen molar-refractivity contribution in [3.63, 3.8) is 0 Å². The average Bonchev–Trinajstić information content (AvgIpc) is 3.37. The molecule has 4 rings (SSSR count). The summed E-state index contributed by atoms with van der Waals surface area (Å²) in [6.07, 6.45) is 5.28. The summed E-state index contributed by atoms with van der Waals surface area (Å²) < 4.78 is 3.34. The first-order chi connectivity index (χ1) is 13.1. The Hall–Kier alpha value is -3.26. The molecule has 0 aliphatic carbocycles. The van der Waals surface area contributed by atoms with E-state index in [0.29, 0.717) is 5.82 Å². The molecule has 27 heavy (non-hydrogen) atoms. The summed E-state index contributed by atoms with van der Waals surface area (Å²) in [6.45, 7) is 4.04. The fraction of sp³-hybridized carbons (Fsp3) is 0.158. The van der Waals surface area contributed by atoms with Crippen molar-refractivity contribution in [3.8, 4) is 16.3 Å². The summed E-state index contributed by atoms with van der Waals surface area (Å²) in [7, 11) is 0. The number of carbonyl (C=O) groups excluding carboxylic acids is 1. The van der Waals surface area contributed by atoms with Gasteiger partial charge in [0.25, 0.3) is 0 Å². The monoisotopic (exact) mass is 378 g/mol. The van der Waals surface area contributed by atoms with Crippen LogP contribution in [0.3, 0.4) is 0 Å². The van der Waals surface area contributed by atoms with Gasteiger partial charge in [0.05, 0.1) is 17.6 Å². The smallest absolute Gasteiger partial charge is 0.247 e. The minimum atomic E-state index is -0.169. The van der Waals surface area contributed by atoms with Gasteiger partial charge in [-0.15, -0.1) is 11.3 Å². The van der Waals surface area contributed by atoms with E-state index in [1.54, 1.807) is 21.8 Å². The predicted octanol–water partition coefficient (Wildman–Crippen LogP) is 3.45. The Balaban J connectivity index is 1.49. The van der Waals surface area contributed by atoms with E-state index in [0.717, 1.165) is 22.0 Å². The first-order valence-corrected chi connectivity index (χ1v) is 9.32. The van der Waals surface area contributed by atoms with Crippen LogP contribution in [0, 0.1) is 13.8 Å². The Morgan fingerprint density at radius 2 is 2.04 bits per heavy atom. The zero-order valence-electron chi connectivity index (χ0n) is 15.0. The summed E-state index contributed by atoms with van der Waals surface area (Å²) in [5.74, 6) is 0.464. The quantitative estimate of drug-likeness (QED) is 0.577. The lowest BCUT2D eigenvalue weighted by molar-refractivity contribution is -0.116. The molecule has 0 radical (unpaired) electrons. The lowest BCUT2D eigenvalue weighted by Crippen LogP contribution is -2.20. The third-order valence-corrected chi connectivity index (χ3v) is 4.82. The summed E-state index contributed by atoms with van der Waals surface area (Å²) in [6, 6.07) is 9.84. The van der Waals surface area contributed by atoms with Crippen LogP contribution in [0.25, 0.3) is 16.3 Å². The second kappa shape index (κ2) is 7.16. The molecule has 0 aliphatic heterocycles. The fourth-order valence-corrected chi connectivity index (χ4v) is 3.34. The van der Waals surface area contributed by atoms with Gasteiger partial charge in [0, 0.05) is 29.4 Å². The molecule has 0 aliphatic rings. The van der Waals surface area contributed by atoms with Crippen molar-refractivity contribution in [2.75, 3.05) is 5.32 Å². The maximum atomic E-state index is 12.5. The number of nitrogens with zero attached hydrogens (tertiary/aromatic N) is 5. The summed E-state index contributed by atoms with van der Waals surface area (Å²) in [5, 5.41) is 14.4. The fourth-order valence-electron chi connectivity index (χ4n) is 2.73. The molecule has 1 N–H and O–H groups in total. The molecule has 0 saturated carbocycles. The second-order valence-electron chi connectivity index (χ2n) is 6.23. The molecule has 0 unspecified atom stereocenters. The molecule has 0 bridgehead atoms. The van der Waals surface area contributed by atoms with Crippen molar-refractivity contribution < 1.29 is 4.79 Å². The van der Waals surface area contributed by atoms with Crippen molar-refractivity contribution >= 4 is 23.1 Å². The maximum Gasteiger partial charge on any atom is 0.247 e. The van der Waals surface area contributed by atoms with Crippen molar-refractivity contribution in [1.82, 2.24) is 24.5 Å². The van der Waals surface area contributed by atoms with Gasteiger partial charge in [-0.3, -0.25) is 9.48 Å². The van der Waals surface area contributed by atoms with Crippen LogP contribution in [0.2, 0.25) is 0 Å². The van der Waals surface area contributed by atoms with Gasteiger partial charge in [-0.1, -0.05) is 17.7 Å². The number of hydrogen-bond donors (Lipinski definition) is 1. The van der Waals surface area contributed by atoms with Crippen molar-refractivity contribution in [2.45, 2.75) is 20.4 Å². The molecule has 7 nitrogen and oxygen atoms in total. The number of anilines is 1. The largest absolute Gasteiger partial charge is 0.309 e. The van der Waals surface area contributed by atoms with E-state index in [1.165, 1.54) is 16.9 Å². The molecule has 3 heterocycles. The zero-order chi connectivity index (χ0) is 18.8. The minimum absolute atomic E-state index is 0.115. The number of nitrogens with one attached hydrogen (secondary N) is 1. The molecular formula is C19H18N6OS. The van der Waals surface area contributed by atoms with Gasteiger partial charge in [-0.05, 0) is 26.0 Å². The van der Waals surface area contributed by atoms with Crippen LogP contribution < -0.4 is 5.32 Å². The molecule has 0 spiro atoms. The number of benzene rings is 1. The zero-order valence-corrected chi connectivity index (χ0v) is 15.8. The third kappa shape index (κ3) is 3.80. The van der Waals surface area contributed by atoms with E-state index in [-0.39, 0.29) is 12.5 Å². The molecule has 136 valence electrons. The number of amides is 1. The van der Waals surface area contributed by atoms with Gasteiger partial charge < -0.3 is 5.32 Å². The predicted molar refractivity (Wildman–Crippen MR) is 105 cm³/mol. The third-order valence-electron chi connectivity index (χ3n) is 4.00. The SMILES string of the molecule is Cc1ccc(-n2nc(C)cc2NC(=O)Cn2cc(-c3nccs3)cn2)cc1. The first-order valence-electron chi connectivity index (χ1n) is 8.44. The molecule has 0 fully saturated rings. The highest BCUT2D eigenvalue weighted by Crippen LogP contribution is 2.21. The highest BCUT2D eigenvalue weighted by atomic mass is 32.1. The van der Waals surface area contributed by atoms with E-state index >= 15 is 0 Å². The molecule has 0 atom stereocenters. The Labute approximate surface area is 160 Å². The van der Waals surface area contributed by atoms with Crippen LogP contribution in [0.15, 0.2) is 54.3 Å². The summed E-state index contributed by atoms with van der Waals surface area (Å²) in [4.78, 5) is 16.8. The van der Waals surface area contributed by atoms with Gasteiger partial charge in [0.2, 0.25) is 5.91 Å². The average molecular weight is 378 g/mol. The van der Waals surface area contributed by atoms with Gasteiger partial charge in [-0.25, -0.2) is 9.67 Å². The number of aryl methyl sites for hydroxylation is 2. The van der Waals surface area contributed by atoms with Gasteiger partial charge in [-0.2, -0.15) is 10.2 Å². The Kier molecular flexibility index (Phi) is 4.55. The normalized spacial score (nSPS) is 10.9. The van der Waals surface area contributed by atoms with E-state index < -0.39 is 0 Å². The number of carbonyl (C=O) groups is 1. The maximum absolute atomic E-state index is 12.5. The molecular weight excluding hydrogens is 360 g/mol. The molecule has 8 heteroatoms. The molecule has 4 aromatic rings. The van der Waals surface area contributed by atoms with E-state index in [9.17, 15) is 4.79 Å². The van der Waals surface area contributed by atoms with E-state index in [1.807, 2.05) is 55.8 Å². The topological polar surface area (TPSA) is 77.6 Å². The van der Waals surface area contributed by atoms with E-state index in [4.69, 9.17) is 0 Å². The number of hydrogen-bond acceptors (Lipinski definition) is 5. The lowest BCUT2D eigenvalue weighted by atomic mass is 10.2.